The average molecular weight is 375 g/mol. The van der Waals surface area contributed by atoms with E-state index in [2.05, 4.69) is 35.1 Å². The second-order valence-corrected chi connectivity index (χ2v) is 7.53. The van der Waals surface area contributed by atoms with E-state index in [0.717, 1.165) is 53.6 Å². The van der Waals surface area contributed by atoms with Crippen molar-refractivity contribution in [2.45, 2.75) is 52.1 Å². The van der Waals surface area contributed by atoms with Crippen molar-refractivity contribution < 1.29 is 4.79 Å². The van der Waals surface area contributed by atoms with E-state index in [0.29, 0.717) is 17.2 Å². The van der Waals surface area contributed by atoms with Crippen LogP contribution in [0.5, 0.6) is 0 Å². The third-order valence-electron chi connectivity index (χ3n) is 5.18. The van der Waals surface area contributed by atoms with Gasteiger partial charge >= 0.3 is 0 Å². The number of rotatable bonds is 5. The van der Waals surface area contributed by atoms with E-state index in [-0.39, 0.29) is 12.3 Å². The number of pyridine rings is 1. The first kappa shape index (κ1) is 18.9. The number of nitrogens with zero attached hydrogens (tertiary/aromatic N) is 2. The molecule has 0 bridgehead atoms. The van der Waals surface area contributed by atoms with Crippen LogP contribution in [0.3, 0.4) is 0 Å². The number of nitrogens with two attached hydrogens (primary N) is 1. The Kier molecular flexibility index (Phi) is 5.68. The summed E-state index contributed by atoms with van der Waals surface area (Å²) in [5.74, 6) is -0.356. The zero-order valence-electron chi connectivity index (χ0n) is 15.7. The lowest BCUT2D eigenvalue weighted by Gasteiger charge is -2.41. The van der Waals surface area contributed by atoms with Crippen molar-refractivity contribution in [1.29, 1.82) is 0 Å². The molecule has 0 saturated carbocycles. The molecule has 1 aliphatic heterocycles. The van der Waals surface area contributed by atoms with Crippen molar-refractivity contribution in [3.63, 3.8) is 0 Å². The van der Waals surface area contributed by atoms with Crippen LogP contribution in [0.25, 0.3) is 10.9 Å². The van der Waals surface area contributed by atoms with Gasteiger partial charge in [-0.3, -0.25) is 4.79 Å². The summed E-state index contributed by atoms with van der Waals surface area (Å²) in [6.07, 6.45) is 2.24. The number of halogens is 1. The van der Waals surface area contributed by atoms with Crippen LogP contribution in [0.2, 0.25) is 5.15 Å². The van der Waals surface area contributed by atoms with Crippen molar-refractivity contribution in [1.82, 2.24) is 10.3 Å². The Morgan fingerprint density at radius 1 is 1.31 bits per heavy atom. The molecule has 1 amide bonds. The lowest BCUT2D eigenvalue weighted by atomic mass is 9.99. The zero-order chi connectivity index (χ0) is 18.8. The number of aryl methyl sites for hydroxylation is 1. The number of aromatic nitrogens is 1. The second kappa shape index (κ2) is 7.80. The number of hydrogen-bond acceptors (Lipinski definition) is 4. The molecule has 6 heteroatoms. The number of benzene rings is 1. The van der Waals surface area contributed by atoms with Crippen LogP contribution >= 0.6 is 11.6 Å². The quantitative estimate of drug-likeness (QED) is 0.788. The molecule has 2 heterocycles. The highest BCUT2D eigenvalue weighted by molar-refractivity contribution is 6.33. The van der Waals surface area contributed by atoms with Gasteiger partial charge in [-0.25, -0.2) is 4.98 Å². The van der Waals surface area contributed by atoms with Gasteiger partial charge in [-0.1, -0.05) is 37.1 Å². The zero-order valence-corrected chi connectivity index (χ0v) is 16.4. The number of fused-ring (bicyclic) bond motifs is 1. The molecule has 5 nitrogen and oxygen atoms in total. The second-order valence-electron chi connectivity index (χ2n) is 7.18. The first-order valence-electron chi connectivity index (χ1n) is 9.30. The van der Waals surface area contributed by atoms with E-state index in [4.69, 9.17) is 17.3 Å². The molecule has 0 aliphatic carbocycles. The summed E-state index contributed by atoms with van der Waals surface area (Å²) in [7, 11) is 0. The SMILES string of the molecule is CC[C@@H]1CN(c2c(Cl)nc3ccc(C)cc3c2CC(N)=O)C[C@H](CC)N1. The lowest BCUT2D eigenvalue weighted by Crippen LogP contribution is -2.56. The predicted octanol–water partition coefficient (Wildman–Crippen LogP) is 3.19. The minimum atomic E-state index is -0.356. The molecule has 3 rings (SSSR count). The predicted molar refractivity (Wildman–Crippen MR) is 108 cm³/mol. The third kappa shape index (κ3) is 3.79. The third-order valence-corrected chi connectivity index (χ3v) is 5.45. The minimum absolute atomic E-state index is 0.162. The molecule has 1 fully saturated rings. The fourth-order valence-corrected chi connectivity index (χ4v) is 4.12. The van der Waals surface area contributed by atoms with Gasteiger partial charge in [-0.15, -0.1) is 0 Å². The van der Waals surface area contributed by atoms with E-state index < -0.39 is 0 Å². The maximum absolute atomic E-state index is 11.8. The number of nitrogens with one attached hydrogen (secondary N) is 1. The van der Waals surface area contributed by atoms with Gasteiger partial charge in [0.1, 0.15) is 0 Å². The van der Waals surface area contributed by atoms with Crippen LogP contribution in [0.15, 0.2) is 18.2 Å². The van der Waals surface area contributed by atoms with E-state index in [1.54, 1.807) is 0 Å². The molecule has 1 aromatic heterocycles. The molecular weight excluding hydrogens is 348 g/mol. The monoisotopic (exact) mass is 374 g/mol. The van der Waals surface area contributed by atoms with Gasteiger partial charge in [-0.05, 0) is 37.5 Å². The van der Waals surface area contributed by atoms with Crippen molar-refractivity contribution in [3.05, 3.63) is 34.5 Å². The number of carbonyl (C=O) groups excluding carboxylic acids is 1. The van der Waals surface area contributed by atoms with E-state index in [1.165, 1.54) is 0 Å². The molecule has 140 valence electrons. The fraction of sp³-hybridized carbons (Fsp3) is 0.500. The summed E-state index contributed by atoms with van der Waals surface area (Å²) in [6.45, 7) is 8.09. The summed E-state index contributed by atoms with van der Waals surface area (Å²) in [5.41, 5.74) is 9.25. The Balaban J connectivity index is 2.16. The van der Waals surface area contributed by atoms with Gasteiger partial charge in [0.15, 0.2) is 5.15 Å². The van der Waals surface area contributed by atoms with Crippen LogP contribution in [-0.4, -0.2) is 36.1 Å². The Morgan fingerprint density at radius 2 is 1.96 bits per heavy atom. The summed E-state index contributed by atoms with van der Waals surface area (Å²) in [4.78, 5) is 18.7. The number of anilines is 1. The topological polar surface area (TPSA) is 71.2 Å². The first-order valence-corrected chi connectivity index (χ1v) is 9.68. The Labute approximate surface area is 159 Å². The molecule has 0 spiro atoms. The molecule has 1 saturated heterocycles. The van der Waals surface area contributed by atoms with E-state index in [9.17, 15) is 4.79 Å². The molecule has 3 N–H and O–H groups in total. The number of piperazine rings is 1. The van der Waals surface area contributed by atoms with Crippen molar-refractivity contribution in [2.24, 2.45) is 5.73 Å². The highest BCUT2D eigenvalue weighted by Crippen LogP contribution is 2.36. The first-order chi connectivity index (χ1) is 12.4. The summed E-state index contributed by atoms with van der Waals surface area (Å²) in [5, 5.41) is 5.09. The van der Waals surface area contributed by atoms with E-state index >= 15 is 0 Å². The largest absolute Gasteiger partial charge is 0.369 e. The Bertz CT molecular complexity index is 811. The fourth-order valence-electron chi connectivity index (χ4n) is 3.80. The van der Waals surface area contributed by atoms with Crippen LogP contribution in [0.4, 0.5) is 5.69 Å². The molecule has 1 aromatic carbocycles. The van der Waals surface area contributed by atoms with Crippen LogP contribution < -0.4 is 16.0 Å². The standard InChI is InChI=1S/C20H27ClN4O/c1-4-13-10-25(11-14(5-2)23-13)19-16(9-18(22)26)15-8-12(3)6-7-17(15)24-20(19)21/h6-8,13-14,23H,4-5,9-11H2,1-3H3,(H2,22,26)/t13-,14+. The Morgan fingerprint density at radius 3 is 2.54 bits per heavy atom. The number of carbonyl (C=O) groups is 1. The smallest absolute Gasteiger partial charge is 0.221 e. The Hall–Kier alpha value is -1.85. The van der Waals surface area contributed by atoms with Crippen LogP contribution in [-0.2, 0) is 11.2 Å². The number of primary amides is 1. The molecule has 0 radical (unpaired) electrons. The molecule has 1 aliphatic rings. The molecule has 0 unspecified atom stereocenters. The number of hydrogen-bond donors (Lipinski definition) is 2. The highest BCUT2D eigenvalue weighted by atomic mass is 35.5. The molecule has 26 heavy (non-hydrogen) atoms. The van der Waals surface area contributed by atoms with Crippen molar-refractivity contribution in [2.75, 3.05) is 18.0 Å². The maximum Gasteiger partial charge on any atom is 0.221 e. The van der Waals surface area contributed by atoms with Crippen LogP contribution in [0, 0.1) is 6.92 Å². The summed E-state index contributed by atoms with van der Waals surface area (Å²) < 4.78 is 0. The summed E-state index contributed by atoms with van der Waals surface area (Å²) in [6, 6.07) is 6.80. The van der Waals surface area contributed by atoms with Crippen molar-refractivity contribution in [3.8, 4) is 0 Å². The molecule has 2 atom stereocenters. The van der Waals surface area contributed by atoms with Gasteiger partial charge in [0.25, 0.3) is 0 Å². The van der Waals surface area contributed by atoms with Crippen LogP contribution in [0.1, 0.15) is 37.8 Å². The lowest BCUT2D eigenvalue weighted by molar-refractivity contribution is -0.117. The molecular formula is C20H27ClN4O. The van der Waals surface area contributed by atoms with E-state index in [1.807, 2.05) is 19.1 Å². The summed E-state index contributed by atoms with van der Waals surface area (Å²) >= 11 is 6.62. The van der Waals surface area contributed by atoms with Gasteiger partial charge in [-0.2, -0.15) is 0 Å². The van der Waals surface area contributed by atoms with Gasteiger partial charge in [0.2, 0.25) is 5.91 Å². The number of amides is 1. The van der Waals surface area contributed by atoms with Gasteiger partial charge in [0.05, 0.1) is 17.6 Å². The van der Waals surface area contributed by atoms with Gasteiger partial charge < -0.3 is 16.0 Å². The highest BCUT2D eigenvalue weighted by Gasteiger charge is 2.29. The average Bonchev–Trinajstić information content (AvgIpc) is 2.61. The molecule has 2 aromatic rings. The normalized spacial score (nSPS) is 20.5. The minimum Gasteiger partial charge on any atom is -0.369 e. The maximum atomic E-state index is 11.8. The van der Waals surface area contributed by atoms with Crippen molar-refractivity contribution >= 4 is 34.1 Å². The van der Waals surface area contributed by atoms with Gasteiger partial charge in [0, 0.05) is 30.6 Å².